The van der Waals surface area contributed by atoms with Gasteiger partial charge in [0.05, 0.1) is 12.2 Å². The first-order valence-electron chi connectivity index (χ1n) is 10.6. The Morgan fingerprint density at radius 3 is 2.78 bits per heavy atom. The average Bonchev–Trinajstić information content (AvgIpc) is 3.14. The maximum absolute atomic E-state index is 14.1. The van der Waals surface area contributed by atoms with Crippen LogP contribution in [0.5, 0.6) is 0 Å². The Morgan fingerprint density at radius 2 is 2.07 bits per heavy atom. The molecule has 0 aromatic rings. The number of hydrogen-bond donors (Lipinski definition) is 2. The second kappa shape index (κ2) is 9.44. The van der Waals surface area contributed by atoms with Crippen LogP contribution in [0.25, 0.3) is 0 Å². The van der Waals surface area contributed by atoms with Gasteiger partial charge in [-0.2, -0.15) is 0 Å². The highest BCUT2D eigenvalue weighted by Gasteiger charge is 2.51. The molecule has 0 spiro atoms. The number of hydrogen-bond acceptors (Lipinski definition) is 5. The summed E-state index contributed by atoms with van der Waals surface area (Å²) in [5, 5.41) is 19.9. The fraction of sp³-hybridized carbons (Fsp3) is 1.00. The molecule has 3 rings (SSSR count). The Balaban J connectivity index is 1.58. The molecule has 1 saturated carbocycles. The number of aliphatic hydroxyl groups excluding tert-OH is 2. The molecular formula is C20H34F2O5. The summed E-state index contributed by atoms with van der Waals surface area (Å²) in [4.78, 5) is 0. The molecule has 0 radical (unpaired) electrons. The van der Waals surface area contributed by atoms with Gasteiger partial charge in [0.1, 0.15) is 6.10 Å². The number of rotatable bonds is 9. The Kier molecular flexibility index (Phi) is 7.47. The molecule has 2 N–H and O–H groups in total. The number of unbranched alkanes of at least 4 members (excludes halogenated alkanes) is 1. The van der Waals surface area contributed by atoms with Crippen LogP contribution in [-0.4, -0.2) is 53.6 Å². The molecule has 3 aliphatic rings. The second-order valence-corrected chi connectivity index (χ2v) is 8.36. The van der Waals surface area contributed by atoms with Crippen LogP contribution in [0, 0.1) is 11.8 Å². The summed E-state index contributed by atoms with van der Waals surface area (Å²) in [5.74, 6) is -2.97. The van der Waals surface area contributed by atoms with Gasteiger partial charge in [0, 0.05) is 25.9 Å². The van der Waals surface area contributed by atoms with Gasteiger partial charge in [0.2, 0.25) is 0 Å². The molecule has 158 valence electrons. The molecule has 7 heteroatoms. The van der Waals surface area contributed by atoms with Gasteiger partial charge in [-0.1, -0.05) is 13.3 Å². The van der Waals surface area contributed by atoms with Crippen molar-refractivity contribution in [3.05, 3.63) is 0 Å². The number of fused-ring (bicyclic) bond motifs is 1. The van der Waals surface area contributed by atoms with E-state index < -0.39 is 18.3 Å². The summed E-state index contributed by atoms with van der Waals surface area (Å²) in [6, 6.07) is 0. The molecule has 3 unspecified atom stereocenters. The van der Waals surface area contributed by atoms with Crippen LogP contribution >= 0.6 is 0 Å². The molecule has 27 heavy (non-hydrogen) atoms. The van der Waals surface area contributed by atoms with Gasteiger partial charge in [-0.05, 0) is 50.4 Å². The zero-order valence-electron chi connectivity index (χ0n) is 16.2. The third-order valence-corrected chi connectivity index (χ3v) is 6.36. The van der Waals surface area contributed by atoms with E-state index in [1.807, 2.05) is 6.92 Å². The zero-order chi connectivity index (χ0) is 19.4. The summed E-state index contributed by atoms with van der Waals surface area (Å²) in [6.45, 7) is 2.55. The minimum absolute atomic E-state index is 0.00528. The van der Waals surface area contributed by atoms with Crippen molar-refractivity contribution in [3.63, 3.8) is 0 Å². The first kappa shape index (κ1) is 21.4. The minimum Gasteiger partial charge on any atom is -0.387 e. The molecule has 0 bridgehead atoms. The Bertz CT molecular complexity index is 458. The average molecular weight is 392 g/mol. The molecule has 5 nitrogen and oxygen atoms in total. The molecule has 2 heterocycles. The first-order valence-corrected chi connectivity index (χ1v) is 10.6. The van der Waals surface area contributed by atoms with Gasteiger partial charge in [-0.3, -0.25) is 0 Å². The number of halogens is 2. The third-order valence-electron chi connectivity index (χ3n) is 6.36. The van der Waals surface area contributed by atoms with Gasteiger partial charge in [0.15, 0.2) is 12.6 Å². The lowest BCUT2D eigenvalue weighted by molar-refractivity contribution is -0.200. The number of alkyl halides is 2. The molecule has 7 atom stereocenters. The predicted octanol–water partition coefficient (Wildman–Crippen LogP) is 3.61. The SMILES string of the molecule is CCCCC(F)(F)C(O)CC[C@@H]1[C@H]2CC(O)O[C@H]2C[C@H]1OC1CCCCO1. The number of aliphatic hydroxyl groups is 2. The molecule has 0 aromatic carbocycles. The topological polar surface area (TPSA) is 68.2 Å². The standard InChI is InChI=1S/C20H34F2O5/c1-2-3-9-20(21,22)17(23)8-7-13-14-11-18(24)26-16(14)12-15(13)27-19-6-4-5-10-25-19/h13-19,23-24H,2-12H2,1H3/t13-,14-,15-,16+,17?,18?,19?/m1/s1. The Labute approximate surface area is 160 Å². The van der Waals surface area contributed by atoms with Crippen LogP contribution in [0.1, 0.15) is 71.1 Å². The maximum Gasteiger partial charge on any atom is 0.273 e. The van der Waals surface area contributed by atoms with Crippen molar-refractivity contribution in [2.75, 3.05) is 6.61 Å². The van der Waals surface area contributed by atoms with Gasteiger partial charge in [-0.25, -0.2) is 8.78 Å². The molecule has 0 amide bonds. The van der Waals surface area contributed by atoms with Crippen LogP contribution in [-0.2, 0) is 14.2 Å². The van der Waals surface area contributed by atoms with Gasteiger partial charge in [-0.15, -0.1) is 0 Å². The first-order chi connectivity index (χ1) is 12.9. The fourth-order valence-electron chi connectivity index (χ4n) is 4.81. The molecule has 3 fully saturated rings. The van der Waals surface area contributed by atoms with Crippen molar-refractivity contribution >= 4 is 0 Å². The molecule has 1 aliphatic carbocycles. The van der Waals surface area contributed by atoms with E-state index in [-0.39, 0.29) is 43.2 Å². The van der Waals surface area contributed by atoms with E-state index in [9.17, 15) is 19.0 Å². The van der Waals surface area contributed by atoms with Crippen LogP contribution in [0.4, 0.5) is 8.78 Å². The minimum atomic E-state index is -3.05. The smallest absolute Gasteiger partial charge is 0.273 e. The van der Waals surface area contributed by atoms with Crippen LogP contribution in [0.15, 0.2) is 0 Å². The van der Waals surface area contributed by atoms with Gasteiger partial charge >= 0.3 is 0 Å². The van der Waals surface area contributed by atoms with Gasteiger partial charge < -0.3 is 24.4 Å². The number of ether oxygens (including phenoxy) is 3. The van der Waals surface area contributed by atoms with Crippen LogP contribution < -0.4 is 0 Å². The van der Waals surface area contributed by atoms with Gasteiger partial charge in [0.25, 0.3) is 5.92 Å². The predicted molar refractivity (Wildman–Crippen MR) is 95.3 cm³/mol. The van der Waals surface area contributed by atoms with E-state index in [1.54, 1.807) is 0 Å². The van der Waals surface area contributed by atoms with Crippen molar-refractivity contribution in [2.24, 2.45) is 11.8 Å². The summed E-state index contributed by atoms with van der Waals surface area (Å²) in [6.07, 6.45) is 2.48. The Hall–Kier alpha value is -0.340. The van der Waals surface area contributed by atoms with Crippen molar-refractivity contribution in [3.8, 4) is 0 Å². The highest BCUT2D eigenvalue weighted by atomic mass is 19.3. The van der Waals surface area contributed by atoms with Crippen molar-refractivity contribution in [1.29, 1.82) is 0 Å². The Morgan fingerprint density at radius 1 is 1.26 bits per heavy atom. The van der Waals surface area contributed by atoms with Crippen molar-refractivity contribution in [1.82, 2.24) is 0 Å². The second-order valence-electron chi connectivity index (χ2n) is 8.36. The summed E-state index contributed by atoms with van der Waals surface area (Å²) in [7, 11) is 0. The highest BCUT2D eigenvalue weighted by molar-refractivity contribution is 4.97. The molecular weight excluding hydrogens is 358 g/mol. The lowest BCUT2D eigenvalue weighted by atomic mass is 9.86. The van der Waals surface area contributed by atoms with Crippen LogP contribution in [0.3, 0.4) is 0 Å². The fourth-order valence-corrected chi connectivity index (χ4v) is 4.81. The summed E-state index contributed by atoms with van der Waals surface area (Å²) >= 11 is 0. The van der Waals surface area contributed by atoms with Crippen molar-refractivity contribution < 1.29 is 33.2 Å². The normalized spacial score (nSPS) is 38.1. The molecule has 2 aliphatic heterocycles. The zero-order valence-corrected chi connectivity index (χ0v) is 16.2. The van der Waals surface area contributed by atoms with E-state index in [4.69, 9.17) is 14.2 Å². The molecule has 0 aromatic heterocycles. The third kappa shape index (κ3) is 5.38. The van der Waals surface area contributed by atoms with Crippen LogP contribution in [0.2, 0.25) is 0 Å². The summed E-state index contributed by atoms with van der Waals surface area (Å²) in [5.41, 5.74) is 0. The highest BCUT2D eigenvalue weighted by Crippen LogP contribution is 2.47. The molecule has 2 saturated heterocycles. The van der Waals surface area contributed by atoms with E-state index >= 15 is 0 Å². The lowest BCUT2D eigenvalue weighted by Gasteiger charge is -2.31. The van der Waals surface area contributed by atoms with E-state index in [0.29, 0.717) is 38.7 Å². The summed E-state index contributed by atoms with van der Waals surface area (Å²) < 4.78 is 45.7. The van der Waals surface area contributed by atoms with E-state index in [2.05, 4.69) is 0 Å². The van der Waals surface area contributed by atoms with Crippen molar-refractivity contribution in [2.45, 2.75) is 108 Å². The quantitative estimate of drug-likeness (QED) is 0.627. The van der Waals surface area contributed by atoms with E-state index in [1.165, 1.54) is 0 Å². The monoisotopic (exact) mass is 392 g/mol. The largest absolute Gasteiger partial charge is 0.387 e. The maximum atomic E-state index is 14.1. The lowest BCUT2D eigenvalue weighted by Crippen LogP contribution is -2.36. The van der Waals surface area contributed by atoms with E-state index in [0.717, 1.165) is 19.3 Å².